The van der Waals surface area contributed by atoms with Crippen molar-refractivity contribution in [1.82, 2.24) is 4.90 Å². The van der Waals surface area contributed by atoms with Crippen molar-refractivity contribution in [2.45, 2.75) is 52.5 Å². The average molecular weight is 242 g/mol. The molecule has 0 spiro atoms. The zero-order chi connectivity index (χ0) is 12.1. The predicted molar refractivity (Wildman–Crippen MR) is 74.6 cm³/mol. The van der Waals surface area contributed by atoms with Crippen molar-refractivity contribution in [3.05, 3.63) is 0 Å². The highest BCUT2D eigenvalue weighted by molar-refractivity contribution is 7.80. The molecule has 0 aliphatic heterocycles. The van der Waals surface area contributed by atoms with Crippen LogP contribution in [0.2, 0.25) is 0 Å². The zero-order valence-electron chi connectivity index (χ0n) is 10.9. The van der Waals surface area contributed by atoms with E-state index >= 15 is 0 Å². The van der Waals surface area contributed by atoms with Crippen LogP contribution >= 0.6 is 12.2 Å². The maximum atomic E-state index is 5.58. The van der Waals surface area contributed by atoms with Crippen LogP contribution in [0.25, 0.3) is 0 Å². The van der Waals surface area contributed by atoms with Gasteiger partial charge in [-0.2, -0.15) is 0 Å². The number of hydrogen-bond donors (Lipinski definition) is 1. The molecule has 0 aromatic rings. The van der Waals surface area contributed by atoms with E-state index in [4.69, 9.17) is 18.0 Å². The van der Waals surface area contributed by atoms with E-state index in [9.17, 15) is 0 Å². The van der Waals surface area contributed by atoms with E-state index in [-0.39, 0.29) is 0 Å². The van der Waals surface area contributed by atoms with Crippen LogP contribution in [0.15, 0.2) is 0 Å². The van der Waals surface area contributed by atoms with Gasteiger partial charge in [0.25, 0.3) is 0 Å². The molecular weight excluding hydrogens is 216 g/mol. The second kappa shape index (κ2) is 6.55. The Morgan fingerprint density at radius 3 is 2.25 bits per heavy atom. The highest BCUT2D eigenvalue weighted by atomic mass is 32.1. The summed E-state index contributed by atoms with van der Waals surface area (Å²) in [6.07, 6.45) is 4.94. The first-order valence-corrected chi connectivity index (χ1v) is 6.96. The van der Waals surface area contributed by atoms with Crippen molar-refractivity contribution >= 4 is 17.2 Å². The van der Waals surface area contributed by atoms with E-state index in [2.05, 4.69) is 25.7 Å². The molecule has 16 heavy (non-hydrogen) atoms. The van der Waals surface area contributed by atoms with Crippen molar-refractivity contribution in [1.29, 1.82) is 0 Å². The maximum Gasteiger partial charge on any atom is 0.0740 e. The van der Waals surface area contributed by atoms with Crippen LogP contribution in [0.3, 0.4) is 0 Å². The number of hydrogen-bond acceptors (Lipinski definition) is 2. The van der Waals surface area contributed by atoms with Gasteiger partial charge in [0.05, 0.1) is 4.99 Å². The van der Waals surface area contributed by atoms with Gasteiger partial charge in [-0.15, -0.1) is 0 Å². The quantitative estimate of drug-likeness (QED) is 0.752. The number of nitrogens with zero attached hydrogens (tertiary/aromatic N) is 1. The van der Waals surface area contributed by atoms with Gasteiger partial charge < -0.3 is 10.6 Å². The van der Waals surface area contributed by atoms with Crippen LogP contribution < -0.4 is 5.73 Å². The monoisotopic (exact) mass is 242 g/mol. The predicted octanol–water partition coefficient (Wildman–Crippen LogP) is 2.81. The fourth-order valence-corrected chi connectivity index (χ4v) is 3.15. The van der Waals surface area contributed by atoms with Crippen LogP contribution in [-0.2, 0) is 0 Å². The fourth-order valence-electron chi connectivity index (χ4n) is 3.06. The van der Waals surface area contributed by atoms with Crippen LogP contribution in [-0.4, -0.2) is 29.0 Å². The third-order valence-corrected chi connectivity index (χ3v) is 3.93. The topological polar surface area (TPSA) is 29.3 Å². The van der Waals surface area contributed by atoms with E-state index in [1.807, 2.05) is 0 Å². The SMILES string of the molecule is CCN(CCC(N)=S)C1CC(C)CC(C)C1. The van der Waals surface area contributed by atoms with Gasteiger partial charge in [-0.25, -0.2) is 0 Å². The molecular formula is C13H26N2S. The molecule has 2 atom stereocenters. The molecule has 1 aliphatic rings. The van der Waals surface area contributed by atoms with Gasteiger partial charge in [0.2, 0.25) is 0 Å². The molecule has 1 aliphatic carbocycles. The molecule has 0 aromatic carbocycles. The molecule has 1 fully saturated rings. The summed E-state index contributed by atoms with van der Waals surface area (Å²) >= 11 is 4.96. The van der Waals surface area contributed by atoms with E-state index in [0.717, 1.165) is 37.4 Å². The Balaban J connectivity index is 2.47. The van der Waals surface area contributed by atoms with Gasteiger partial charge in [0, 0.05) is 19.0 Å². The maximum absolute atomic E-state index is 5.58. The Bertz CT molecular complexity index is 220. The molecule has 2 nitrogen and oxygen atoms in total. The third-order valence-electron chi connectivity index (χ3n) is 3.72. The molecule has 0 aromatic heterocycles. The van der Waals surface area contributed by atoms with Crippen molar-refractivity contribution < 1.29 is 0 Å². The molecule has 2 N–H and O–H groups in total. The summed E-state index contributed by atoms with van der Waals surface area (Å²) in [6.45, 7) is 9.15. The highest BCUT2D eigenvalue weighted by Gasteiger charge is 2.27. The van der Waals surface area contributed by atoms with E-state index in [1.54, 1.807) is 0 Å². The second-order valence-electron chi connectivity index (χ2n) is 5.42. The first kappa shape index (κ1) is 13.9. The largest absolute Gasteiger partial charge is 0.393 e. The average Bonchev–Trinajstić information content (AvgIpc) is 2.16. The molecule has 3 heteroatoms. The molecule has 0 amide bonds. The summed E-state index contributed by atoms with van der Waals surface area (Å²) in [5, 5.41) is 0. The van der Waals surface area contributed by atoms with Gasteiger partial charge >= 0.3 is 0 Å². The molecule has 0 bridgehead atoms. The van der Waals surface area contributed by atoms with Crippen molar-refractivity contribution in [3.63, 3.8) is 0 Å². The Labute approximate surface area is 106 Å². The minimum atomic E-state index is 0.648. The Morgan fingerprint density at radius 1 is 1.25 bits per heavy atom. The van der Waals surface area contributed by atoms with Gasteiger partial charge in [0.15, 0.2) is 0 Å². The molecule has 0 saturated heterocycles. The van der Waals surface area contributed by atoms with Crippen LogP contribution in [0.4, 0.5) is 0 Å². The van der Waals surface area contributed by atoms with E-state index in [0.29, 0.717) is 4.99 Å². The first-order chi connectivity index (χ1) is 7.52. The Kier molecular flexibility index (Phi) is 5.70. The lowest BCUT2D eigenvalue weighted by molar-refractivity contribution is 0.117. The summed E-state index contributed by atoms with van der Waals surface area (Å²) in [7, 11) is 0. The van der Waals surface area contributed by atoms with Crippen molar-refractivity contribution in [2.75, 3.05) is 13.1 Å². The number of thiocarbonyl (C=S) groups is 1. The molecule has 1 saturated carbocycles. The summed E-state index contributed by atoms with van der Waals surface area (Å²) in [4.78, 5) is 3.21. The van der Waals surface area contributed by atoms with Gasteiger partial charge in [-0.3, -0.25) is 0 Å². The normalized spacial score (nSPS) is 30.6. The molecule has 1 rings (SSSR count). The molecule has 0 heterocycles. The van der Waals surface area contributed by atoms with Crippen LogP contribution in [0, 0.1) is 11.8 Å². The first-order valence-electron chi connectivity index (χ1n) is 6.55. The van der Waals surface area contributed by atoms with Crippen LogP contribution in [0.1, 0.15) is 46.5 Å². The molecule has 0 radical (unpaired) electrons. The van der Waals surface area contributed by atoms with Gasteiger partial charge in [-0.05, 0) is 37.6 Å². The van der Waals surface area contributed by atoms with Gasteiger partial charge in [0.1, 0.15) is 0 Å². The summed E-state index contributed by atoms with van der Waals surface area (Å²) < 4.78 is 0. The number of nitrogens with two attached hydrogens (primary N) is 1. The minimum absolute atomic E-state index is 0.648. The van der Waals surface area contributed by atoms with Crippen molar-refractivity contribution in [2.24, 2.45) is 17.6 Å². The third kappa shape index (κ3) is 4.38. The Morgan fingerprint density at radius 2 is 1.81 bits per heavy atom. The van der Waals surface area contributed by atoms with E-state index in [1.165, 1.54) is 19.3 Å². The smallest absolute Gasteiger partial charge is 0.0740 e. The molecule has 94 valence electrons. The van der Waals surface area contributed by atoms with Gasteiger partial charge in [-0.1, -0.05) is 33.0 Å². The zero-order valence-corrected chi connectivity index (χ0v) is 11.7. The molecule has 2 unspecified atom stereocenters. The lowest BCUT2D eigenvalue weighted by atomic mass is 9.80. The summed E-state index contributed by atoms with van der Waals surface area (Å²) in [5.74, 6) is 1.74. The number of rotatable bonds is 5. The minimum Gasteiger partial charge on any atom is -0.393 e. The fraction of sp³-hybridized carbons (Fsp3) is 0.923. The van der Waals surface area contributed by atoms with E-state index < -0.39 is 0 Å². The summed E-state index contributed by atoms with van der Waals surface area (Å²) in [6, 6.07) is 0.748. The standard InChI is InChI=1S/C13H26N2S/c1-4-15(6-5-13(14)16)12-8-10(2)7-11(3)9-12/h10-12H,4-9H2,1-3H3,(H2,14,16). The lowest BCUT2D eigenvalue weighted by Gasteiger charge is -2.38. The summed E-state index contributed by atoms with van der Waals surface area (Å²) in [5.41, 5.74) is 5.58. The lowest BCUT2D eigenvalue weighted by Crippen LogP contribution is -2.41. The van der Waals surface area contributed by atoms with Crippen LogP contribution in [0.5, 0.6) is 0 Å². The Hall–Kier alpha value is -0.150. The highest BCUT2D eigenvalue weighted by Crippen LogP contribution is 2.31. The second-order valence-corrected chi connectivity index (χ2v) is 5.94. The van der Waals surface area contributed by atoms with Crippen molar-refractivity contribution in [3.8, 4) is 0 Å².